The quantitative estimate of drug-likeness (QED) is 0.788. The van der Waals surface area contributed by atoms with E-state index in [1.54, 1.807) is 0 Å². The van der Waals surface area contributed by atoms with Crippen LogP contribution >= 0.6 is 11.8 Å². The summed E-state index contributed by atoms with van der Waals surface area (Å²) in [4.78, 5) is 0. The minimum atomic E-state index is 0.720. The van der Waals surface area contributed by atoms with Crippen molar-refractivity contribution in [1.82, 2.24) is 5.32 Å². The van der Waals surface area contributed by atoms with Crippen LogP contribution in [0.3, 0.4) is 0 Å². The second kappa shape index (κ2) is 6.90. The molecular weight excluding hydrogens is 214 g/mol. The van der Waals surface area contributed by atoms with Gasteiger partial charge in [-0.1, -0.05) is 27.7 Å². The van der Waals surface area contributed by atoms with E-state index in [0.717, 1.165) is 29.0 Å². The van der Waals surface area contributed by atoms with E-state index in [9.17, 15) is 0 Å². The van der Waals surface area contributed by atoms with E-state index in [1.165, 1.54) is 25.0 Å². The van der Waals surface area contributed by atoms with Crippen molar-refractivity contribution < 1.29 is 0 Å². The molecule has 96 valence electrons. The van der Waals surface area contributed by atoms with E-state index >= 15 is 0 Å². The zero-order chi connectivity index (χ0) is 12.1. The Hall–Kier alpha value is 0.310. The Morgan fingerprint density at radius 1 is 1.12 bits per heavy atom. The molecule has 0 radical (unpaired) electrons. The second-order valence-electron chi connectivity index (χ2n) is 5.95. The molecule has 3 unspecified atom stereocenters. The summed E-state index contributed by atoms with van der Waals surface area (Å²) in [5.41, 5.74) is 0. The summed E-state index contributed by atoms with van der Waals surface area (Å²) in [7, 11) is 2.13. The number of thioether (sulfide) groups is 1. The summed E-state index contributed by atoms with van der Waals surface area (Å²) >= 11 is 2.10. The number of rotatable bonds is 5. The standard InChI is InChI=1S/C14H29NS/c1-10(2)16-9-14(15-5)13-7-11(3)6-12(4)8-13/h10-15H,6-9H2,1-5H3. The van der Waals surface area contributed by atoms with Gasteiger partial charge in [-0.05, 0) is 49.3 Å². The van der Waals surface area contributed by atoms with E-state index in [1.807, 2.05) is 0 Å². The molecule has 0 aromatic rings. The van der Waals surface area contributed by atoms with Crippen LogP contribution in [0, 0.1) is 17.8 Å². The fourth-order valence-electron chi connectivity index (χ4n) is 3.09. The highest BCUT2D eigenvalue weighted by Gasteiger charge is 2.29. The van der Waals surface area contributed by atoms with Gasteiger partial charge in [-0.25, -0.2) is 0 Å². The molecule has 0 aliphatic heterocycles. The monoisotopic (exact) mass is 243 g/mol. The fraction of sp³-hybridized carbons (Fsp3) is 1.00. The van der Waals surface area contributed by atoms with Crippen molar-refractivity contribution in [2.24, 2.45) is 17.8 Å². The summed E-state index contributed by atoms with van der Waals surface area (Å²) in [6.07, 6.45) is 4.28. The Morgan fingerprint density at radius 2 is 1.69 bits per heavy atom. The summed E-state index contributed by atoms with van der Waals surface area (Å²) in [6.45, 7) is 9.43. The van der Waals surface area contributed by atoms with Gasteiger partial charge >= 0.3 is 0 Å². The fourth-order valence-corrected chi connectivity index (χ4v) is 4.12. The Kier molecular flexibility index (Phi) is 6.20. The van der Waals surface area contributed by atoms with Gasteiger partial charge in [0.25, 0.3) is 0 Å². The van der Waals surface area contributed by atoms with Gasteiger partial charge in [0.05, 0.1) is 0 Å². The lowest BCUT2D eigenvalue weighted by molar-refractivity contribution is 0.188. The SMILES string of the molecule is CNC(CSC(C)C)C1CC(C)CC(C)C1. The van der Waals surface area contributed by atoms with Crippen molar-refractivity contribution >= 4 is 11.8 Å². The van der Waals surface area contributed by atoms with Crippen LogP contribution in [-0.4, -0.2) is 24.1 Å². The summed E-state index contributed by atoms with van der Waals surface area (Å²) in [5, 5.41) is 4.31. The van der Waals surface area contributed by atoms with Gasteiger partial charge in [0, 0.05) is 11.8 Å². The first-order chi connectivity index (χ1) is 7.52. The van der Waals surface area contributed by atoms with Crippen molar-refractivity contribution in [3.63, 3.8) is 0 Å². The zero-order valence-electron chi connectivity index (χ0n) is 11.6. The van der Waals surface area contributed by atoms with E-state index in [-0.39, 0.29) is 0 Å². The third kappa shape index (κ3) is 4.67. The van der Waals surface area contributed by atoms with Gasteiger partial charge in [0.1, 0.15) is 0 Å². The van der Waals surface area contributed by atoms with Gasteiger partial charge < -0.3 is 5.32 Å². The van der Waals surface area contributed by atoms with Crippen LogP contribution in [-0.2, 0) is 0 Å². The molecule has 1 fully saturated rings. The number of nitrogens with one attached hydrogen (secondary N) is 1. The molecular formula is C14H29NS. The van der Waals surface area contributed by atoms with Crippen LogP contribution in [0.2, 0.25) is 0 Å². The molecule has 0 aromatic heterocycles. The van der Waals surface area contributed by atoms with Crippen molar-refractivity contribution in [2.45, 2.75) is 58.2 Å². The first kappa shape index (κ1) is 14.4. The molecule has 1 aliphatic rings. The lowest BCUT2D eigenvalue weighted by Crippen LogP contribution is -2.40. The second-order valence-corrected chi connectivity index (χ2v) is 7.56. The molecule has 16 heavy (non-hydrogen) atoms. The lowest BCUT2D eigenvalue weighted by atomic mass is 9.74. The van der Waals surface area contributed by atoms with Crippen LogP contribution in [0.15, 0.2) is 0 Å². The Labute approximate surface area is 106 Å². The van der Waals surface area contributed by atoms with Crippen LogP contribution in [0.4, 0.5) is 0 Å². The maximum atomic E-state index is 3.55. The highest BCUT2D eigenvalue weighted by atomic mass is 32.2. The topological polar surface area (TPSA) is 12.0 Å². The number of hydrogen-bond acceptors (Lipinski definition) is 2. The van der Waals surface area contributed by atoms with Gasteiger partial charge in [0.15, 0.2) is 0 Å². The average Bonchev–Trinajstić information content (AvgIpc) is 2.16. The molecule has 2 heteroatoms. The summed E-state index contributed by atoms with van der Waals surface area (Å²) < 4.78 is 0. The van der Waals surface area contributed by atoms with Crippen LogP contribution in [0.5, 0.6) is 0 Å². The molecule has 0 amide bonds. The van der Waals surface area contributed by atoms with Gasteiger partial charge in [-0.3, -0.25) is 0 Å². The molecule has 1 rings (SSSR count). The minimum absolute atomic E-state index is 0.720. The van der Waals surface area contributed by atoms with E-state index < -0.39 is 0 Å². The van der Waals surface area contributed by atoms with E-state index in [0.29, 0.717) is 0 Å². The van der Waals surface area contributed by atoms with Crippen LogP contribution in [0.25, 0.3) is 0 Å². The van der Waals surface area contributed by atoms with Crippen molar-refractivity contribution in [1.29, 1.82) is 0 Å². The highest BCUT2D eigenvalue weighted by molar-refractivity contribution is 7.99. The first-order valence-electron chi connectivity index (χ1n) is 6.81. The molecule has 1 nitrogen and oxygen atoms in total. The average molecular weight is 243 g/mol. The molecule has 3 atom stereocenters. The van der Waals surface area contributed by atoms with Crippen molar-refractivity contribution in [2.75, 3.05) is 12.8 Å². The van der Waals surface area contributed by atoms with Crippen molar-refractivity contribution in [3.05, 3.63) is 0 Å². The zero-order valence-corrected chi connectivity index (χ0v) is 12.4. The molecule has 1 saturated carbocycles. The molecule has 0 saturated heterocycles. The maximum Gasteiger partial charge on any atom is 0.0183 e. The molecule has 0 aromatic carbocycles. The predicted octanol–water partition coefficient (Wildman–Crippen LogP) is 3.79. The Morgan fingerprint density at radius 3 is 2.12 bits per heavy atom. The predicted molar refractivity (Wildman–Crippen MR) is 76.1 cm³/mol. The third-order valence-electron chi connectivity index (χ3n) is 3.76. The van der Waals surface area contributed by atoms with E-state index in [4.69, 9.17) is 0 Å². The number of hydrogen-bond donors (Lipinski definition) is 1. The summed E-state index contributed by atoms with van der Waals surface area (Å²) in [5.74, 6) is 4.02. The summed E-state index contributed by atoms with van der Waals surface area (Å²) in [6, 6.07) is 0.720. The normalized spacial score (nSPS) is 33.0. The van der Waals surface area contributed by atoms with Gasteiger partial charge in [-0.2, -0.15) is 11.8 Å². The molecule has 0 spiro atoms. The van der Waals surface area contributed by atoms with Crippen LogP contribution in [0.1, 0.15) is 47.0 Å². The highest BCUT2D eigenvalue weighted by Crippen LogP contribution is 2.35. The minimum Gasteiger partial charge on any atom is -0.316 e. The molecule has 1 aliphatic carbocycles. The smallest absolute Gasteiger partial charge is 0.0183 e. The van der Waals surface area contributed by atoms with Crippen molar-refractivity contribution in [3.8, 4) is 0 Å². The largest absolute Gasteiger partial charge is 0.316 e. The first-order valence-corrected chi connectivity index (χ1v) is 7.86. The van der Waals surface area contributed by atoms with E-state index in [2.05, 4.69) is 51.8 Å². The molecule has 0 bridgehead atoms. The molecule has 0 heterocycles. The maximum absolute atomic E-state index is 3.55. The third-order valence-corrected chi connectivity index (χ3v) is 4.98. The molecule has 1 N–H and O–H groups in total. The Balaban J connectivity index is 2.44. The van der Waals surface area contributed by atoms with Gasteiger partial charge in [-0.15, -0.1) is 0 Å². The Bertz CT molecular complexity index is 183. The van der Waals surface area contributed by atoms with Crippen LogP contribution < -0.4 is 5.32 Å². The lowest BCUT2D eigenvalue weighted by Gasteiger charge is -2.36. The van der Waals surface area contributed by atoms with Gasteiger partial charge in [0.2, 0.25) is 0 Å².